The number of benzene rings is 2. The highest BCUT2D eigenvalue weighted by Crippen LogP contribution is 2.32. The van der Waals surface area contributed by atoms with Gasteiger partial charge in [-0.15, -0.1) is 0 Å². The summed E-state index contributed by atoms with van der Waals surface area (Å²) in [6, 6.07) is 7.80. The van der Waals surface area contributed by atoms with E-state index < -0.39 is 0 Å². The Kier molecular flexibility index (Phi) is 3.38. The van der Waals surface area contributed by atoms with Gasteiger partial charge in [0.05, 0.1) is 0 Å². The highest BCUT2D eigenvalue weighted by atomic mass is 16.5. The van der Waals surface area contributed by atoms with Crippen LogP contribution in [0.2, 0.25) is 0 Å². The Labute approximate surface area is 114 Å². The highest BCUT2D eigenvalue weighted by molar-refractivity contribution is 5.60. The summed E-state index contributed by atoms with van der Waals surface area (Å²) in [7, 11) is 0. The normalized spacial score (nSPS) is 10.5. The molecule has 0 heterocycles. The number of hydrogen-bond donors (Lipinski definition) is 2. The topological polar surface area (TPSA) is 61.3 Å². The molecule has 0 fully saturated rings. The lowest BCUT2D eigenvalue weighted by Gasteiger charge is -2.14. The molecular weight excluding hydrogens is 236 g/mol. The molecule has 19 heavy (non-hydrogen) atoms. The van der Waals surface area contributed by atoms with E-state index in [1.54, 1.807) is 0 Å². The van der Waals surface area contributed by atoms with Crippen LogP contribution >= 0.6 is 0 Å². The van der Waals surface area contributed by atoms with Crippen molar-refractivity contribution in [1.29, 1.82) is 0 Å². The van der Waals surface area contributed by atoms with Gasteiger partial charge in [-0.25, -0.2) is 0 Å². The lowest BCUT2D eigenvalue weighted by molar-refractivity contribution is 0.478. The van der Waals surface area contributed by atoms with Crippen molar-refractivity contribution in [3.63, 3.8) is 0 Å². The van der Waals surface area contributed by atoms with Crippen molar-refractivity contribution in [2.24, 2.45) is 0 Å². The van der Waals surface area contributed by atoms with Crippen LogP contribution in [0.15, 0.2) is 24.3 Å². The molecule has 2 aromatic rings. The smallest absolute Gasteiger partial charge is 0.132 e. The first-order valence-corrected chi connectivity index (χ1v) is 6.30. The first kappa shape index (κ1) is 13.3. The van der Waals surface area contributed by atoms with Crippen molar-refractivity contribution in [3.05, 3.63) is 46.5 Å². The summed E-state index contributed by atoms with van der Waals surface area (Å²) in [5.74, 6) is 1.57. The van der Waals surface area contributed by atoms with Crippen molar-refractivity contribution >= 4 is 11.4 Å². The Balaban J connectivity index is 2.39. The summed E-state index contributed by atoms with van der Waals surface area (Å²) in [4.78, 5) is 0. The SMILES string of the molecule is Cc1cc(Oc2ccc(C)c(N)c2C)cc(C)c1N. The van der Waals surface area contributed by atoms with Gasteiger partial charge in [0, 0.05) is 16.9 Å². The van der Waals surface area contributed by atoms with E-state index in [9.17, 15) is 0 Å². The van der Waals surface area contributed by atoms with Gasteiger partial charge < -0.3 is 16.2 Å². The summed E-state index contributed by atoms with van der Waals surface area (Å²) in [6.45, 7) is 7.91. The molecule has 0 saturated carbocycles. The van der Waals surface area contributed by atoms with Crippen LogP contribution in [0.5, 0.6) is 11.5 Å². The van der Waals surface area contributed by atoms with Gasteiger partial charge >= 0.3 is 0 Å². The molecule has 0 spiro atoms. The second kappa shape index (κ2) is 4.84. The van der Waals surface area contributed by atoms with Crippen LogP contribution < -0.4 is 16.2 Å². The van der Waals surface area contributed by atoms with Crippen LogP contribution in [-0.2, 0) is 0 Å². The predicted molar refractivity (Wildman–Crippen MR) is 80.7 cm³/mol. The Hall–Kier alpha value is -2.16. The number of aryl methyl sites for hydroxylation is 3. The molecule has 0 aliphatic heterocycles. The monoisotopic (exact) mass is 256 g/mol. The molecule has 2 rings (SSSR count). The summed E-state index contributed by atoms with van der Waals surface area (Å²) in [5.41, 5.74) is 17.6. The van der Waals surface area contributed by atoms with Gasteiger partial charge in [0.2, 0.25) is 0 Å². The van der Waals surface area contributed by atoms with E-state index >= 15 is 0 Å². The van der Waals surface area contributed by atoms with Crippen LogP contribution in [0.25, 0.3) is 0 Å². The van der Waals surface area contributed by atoms with E-state index in [0.29, 0.717) is 0 Å². The van der Waals surface area contributed by atoms with Gasteiger partial charge in [0.1, 0.15) is 11.5 Å². The maximum atomic E-state index is 6.02. The Morgan fingerprint density at radius 2 is 1.37 bits per heavy atom. The summed E-state index contributed by atoms with van der Waals surface area (Å²) < 4.78 is 5.93. The van der Waals surface area contributed by atoms with Crippen LogP contribution in [-0.4, -0.2) is 0 Å². The Morgan fingerprint density at radius 1 is 0.789 bits per heavy atom. The van der Waals surface area contributed by atoms with Crippen molar-refractivity contribution in [2.75, 3.05) is 11.5 Å². The predicted octanol–water partition coefficient (Wildman–Crippen LogP) is 3.88. The zero-order valence-electron chi connectivity index (χ0n) is 11.9. The zero-order valence-corrected chi connectivity index (χ0v) is 11.9. The largest absolute Gasteiger partial charge is 0.457 e. The zero-order chi connectivity index (χ0) is 14.2. The van der Waals surface area contributed by atoms with Crippen LogP contribution in [0.3, 0.4) is 0 Å². The lowest BCUT2D eigenvalue weighted by Crippen LogP contribution is -1.98. The van der Waals surface area contributed by atoms with Crippen LogP contribution in [0, 0.1) is 27.7 Å². The maximum absolute atomic E-state index is 6.02. The minimum Gasteiger partial charge on any atom is -0.457 e. The van der Waals surface area contributed by atoms with E-state index in [4.69, 9.17) is 16.2 Å². The molecule has 0 saturated heterocycles. The molecule has 0 aromatic heterocycles. The molecule has 100 valence electrons. The van der Waals surface area contributed by atoms with Gasteiger partial charge in [-0.3, -0.25) is 0 Å². The average molecular weight is 256 g/mol. The van der Waals surface area contributed by atoms with Gasteiger partial charge in [-0.1, -0.05) is 6.07 Å². The fraction of sp³-hybridized carbons (Fsp3) is 0.250. The minimum atomic E-state index is 0.779. The van der Waals surface area contributed by atoms with E-state index in [1.807, 2.05) is 52.0 Å². The summed E-state index contributed by atoms with van der Waals surface area (Å²) >= 11 is 0. The average Bonchev–Trinajstić information content (AvgIpc) is 2.36. The van der Waals surface area contributed by atoms with E-state index in [0.717, 1.165) is 45.1 Å². The fourth-order valence-corrected chi connectivity index (χ4v) is 2.08. The van der Waals surface area contributed by atoms with E-state index in [1.165, 1.54) is 0 Å². The number of nitrogen functional groups attached to an aromatic ring is 2. The number of nitrogens with two attached hydrogens (primary N) is 2. The third kappa shape index (κ3) is 2.50. The fourth-order valence-electron chi connectivity index (χ4n) is 2.08. The number of rotatable bonds is 2. The molecular formula is C16H20N2O. The van der Waals surface area contributed by atoms with Gasteiger partial charge in [-0.05, 0) is 62.6 Å². The van der Waals surface area contributed by atoms with E-state index in [2.05, 4.69) is 0 Å². The standard InChI is InChI=1S/C16H20N2O/c1-9-5-6-14(12(4)16(9)18)19-13-7-10(2)15(17)11(3)8-13/h5-8H,17-18H2,1-4H3. The second-order valence-corrected chi connectivity index (χ2v) is 4.99. The van der Waals surface area contributed by atoms with Crippen molar-refractivity contribution < 1.29 is 4.74 Å². The number of ether oxygens (including phenoxy) is 1. The minimum absolute atomic E-state index is 0.779. The second-order valence-electron chi connectivity index (χ2n) is 4.99. The van der Waals surface area contributed by atoms with Crippen molar-refractivity contribution in [2.45, 2.75) is 27.7 Å². The van der Waals surface area contributed by atoms with Crippen LogP contribution in [0.4, 0.5) is 11.4 Å². The quantitative estimate of drug-likeness (QED) is 0.802. The molecule has 0 aliphatic rings. The Morgan fingerprint density at radius 3 is 1.95 bits per heavy atom. The molecule has 4 N–H and O–H groups in total. The van der Waals surface area contributed by atoms with E-state index in [-0.39, 0.29) is 0 Å². The molecule has 0 amide bonds. The van der Waals surface area contributed by atoms with Crippen molar-refractivity contribution in [3.8, 4) is 11.5 Å². The van der Waals surface area contributed by atoms with Crippen molar-refractivity contribution in [1.82, 2.24) is 0 Å². The first-order chi connectivity index (χ1) is 8.90. The lowest BCUT2D eigenvalue weighted by atomic mass is 10.1. The molecule has 2 aromatic carbocycles. The molecule has 0 atom stereocenters. The number of anilines is 2. The van der Waals surface area contributed by atoms with Crippen LogP contribution in [0.1, 0.15) is 22.3 Å². The Bertz CT molecular complexity index is 610. The summed E-state index contributed by atoms with van der Waals surface area (Å²) in [6.07, 6.45) is 0. The third-order valence-electron chi connectivity index (χ3n) is 3.48. The van der Waals surface area contributed by atoms with Gasteiger partial charge in [0.25, 0.3) is 0 Å². The van der Waals surface area contributed by atoms with Gasteiger partial charge in [0.15, 0.2) is 0 Å². The van der Waals surface area contributed by atoms with Gasteiger partial charge in [-0.2, -0.15) is 0 Å². The third-order valence-corrected chi connectivity index (χ3v) is 3.48. The summed E-state index contributed by atoms with van der Waals surface area (Å²) in [5, 5.41) is 0. The molecule has 0 radical (unpaired) electrons. The molecule has 3 nitrogen and oxygen atoms in total. The molecule has 0 aliphatic carbocycles. The molecule has 0 bridgehead atoms. The molecule has 3 heteroatoms. The highest BCUT2D eigenvalue weighted by Gasteiger charge is 2.08. The molecule has 0 unspecified atom stereocenters. The number of hydrogen-bond acceptors (Lipinski definition) is 3. The maximum Gasteiger partial charge on any atom is 0.132 e. The first-order valence-electron chi connectivity index (χ1n) is 6.30.